The lowest BCUT2D eigenvalue weighted by Crippen LogP contribution is -2.42. The van der Waals surface area contributed by atoms with Crippen molar-refractivity contribution in [3.63, 3.8) is 0 Å². The quantitative estimate of drug-likeness (QED) is 0.0504. The van der Waals surface area contributed by atoms with Gasteiger partial charge in [0.05, 0.1) is 37.2 Å². The molecule has 0 heterocycles. The molecule has 0 fully saturated rings. The average molecular weight is 565 g/mol. The molecule has 0 aliphatic carbocycles. The summed E-state index contributed by atoms with van der Waals surface area (Å²) in [7, 11) is 0. The van der Waals surface area contributed by atoms with Crippen LogP contribution in [0.2, 0.25) is 0 Å². The summed E-state index contributed by atoms with van der Waals surface area (Å²) in [4.78, 5) is 78.9. The van der Waals surface area contributed by atoms with Crippen molar-refractivity contribution in [3.8, 4) is 0 Å². The second-order valence-corrected chi connectivity index (χ2v) is 9.18. The fourth-order valence-corrected chi connectivity index (χ4v) is 3.61. The number of carbonyl (C=O) groups excluding carboxylic acids is 6. The number of hydrogen-bond acceptors (Lipinski definition) is 10. The molecule has 0 aliphatic heterocycles. The molecule has 5 N–H and O–H groups in total. The molecule has 0 aliphatic rings. The Balaban J connectivity index is 3.89. The highest BCUT2D eigenvalue weighted by molar-refractivity contribution is 7.90. The van der Waals surface area contributed by atoms with Crippen LogP contribution in [-0.4, -0.2) is 103 Å². The second kappa shape index (κ2) is 22.0. The minimum atomic E-state index is -1.50. The molecule has 38 heavy (non-hydrogen) atoms. The molecule has 0 bridgehead atoms. The molecule has 0 rings (SSSR count). The van der Waals surface area contributed by atoms with E-state index in [9.17, 15) is 38.1 Å². The van der Waals surface area contributed by atoms with Crippen LogP contribution in [0.4, 0.5) is 0 Å². The monoisotopic (exact) mass is 564 g/mol. The number of carboxylic acids is 1. The van der Waals surface area contributed by atoms with Gasteiger partial charge in [0.1, 0.15) is 31.0 Å². The van der Waals surface area contributed by atoms with Crippen LogP contribution < -0.4 is 20.7 Å². The maximum absolute atomic E-state index is 11.9. The first-order valence-corrected chi connectivity index (χ1v) is 13.2. The standard InChI is InChI=1S/C22H36N4O11S/c1-16(29)26-38(35)13-3-5-19(30)23-8-10-36-11-12-37-15-21(32)24-17(14-28)6-7-20(31)25-18(22(33)34)4-2-9-27/h9,14,17-18H,2-8,10-13,15H2,1H3,(H,23,30)(H,24,32)(H,25,31)(H,26,29)(H,33,34). The number of aliphatic carboxylic acids is 1. The van der Waals surface area contributed by atoms with Crippen LogP contribution in [0, 0.1) is 0 Å². The Morgan fingerprint density at radius 1 is 0.947 bits per heavy atom. The third kappa shape index (κ3) is 20.0. The first kappa shape index (κ1) is 34.9. The summed E-state index contributed by atoms with van der Waals surface area (Å²) in [6, 6.07) is -2.19. The van der Waals surface area contributed by atoms with Gasteiger partial charge in [-0.1, -0.05) is 0 Å². The average Bonchev–Trinajstić information content (AvgIpc) is 2.85. The van der Waals surface area contributed by atoms with E-state index < -0.39 is 47.1 Å². The molecule has 0 aromatic rings. The smallest absolute Gasteiger partial charge is 0.326 e. The van der Waals surface area contributed by atoms with E-state index in [2.05, 4.69) is 20.7 Å². The van der Waals surface area contributed by atoms with Gasteiger partial charge in [-0.2, -0.15) is 4.72 Å². The third-order valence-electron chi connectivity index (χ3n) is 4.56. The molecule has 15 nitrogen and oxygen atoms in total. The Kier molecular flexibility index (Phi) is 20.2. The molecule has 4 amide bonds. The van der Waals surface area contributed by atoms with Gasteiger partial charge in [-0.15, -0.1) is 0 Å². The number of carbonyl (C=O) groups is 7. The third-order valence-corrected chi connectivity index (χ3v) is 5.74. The highest BCUT2D eigenvalue weighted by atomic mass is 32.2. The summed E-state index contributed by atoms with van der Waals surface area (Å²) in [5.74, 6) is -2.98. The Hall–Kier alpha value is -3.08. The predicted octanol–water partition coefficient (Wildman–Crippen LogP) is -2.27. The van der Waals surface area contributed by atoms with Crippen molar-refractivity contribution in [2.75, 3.05) is 38.7 Å². The number of amides is 4. The minimum Gasteiger partial charge on any atom is -0.593 e. The molecule has 0 aromatic heterocycles. The molecule has 0 saturated heterocycles. The van der Waals surface area contributed by atoms with Crippen molar-refractivity contribution in [1.29, 1.82) is 0 Å². The highest BCUT2D eigenvalue weighted by Crippen LogP contribution is 2.00. The highest BCUT2D eigenvalue weighted by Gasteiger charge is 2.20. The van der Waals surface area contributed by atoms with Crippen molar-refractivity contribution in [1.82, 2.24) is 20.7 Å². The van der Waals surface area contributed by atoms with Gasteiger partial charge in [0.25, 0.3) is 5.91 Å². The molecule has 3 unspecified atom stereocenters. The van der Waals surface area contributed by atoms with Gasteiger partial charge in [0.2, 0.25) is 17.7 Å². The van der Waals surface area contributed by atoms with E-state index >= 15 is 0 Å². The number of hydrogen-bond donors (Lipinski definition) is 5. The molecule has 3 atom stereocenters. The Labute approximate surface area is 223 Å². The number of ether oxygens (including phenoxy) is 2. The van der Waals surface area contributed by atoms with Crippen LogP contribution in [0.15, 0.2) is 0 Å². The summed E-state index contributed by atoms with van der Waals surface area (Å²) >= 11 is -1.50. The zero-order valence-electron chi connectivity index (χ0n) is 21.2. The minimum absolute atomic E-state index is 0.0280. The van der Waals surface area contributed by atoms with Gasteiger partial charge in [-0.25, -0.2) is 4.79 Å². The summed E-state index contributed by atoms with van der Waals surface area (Å²) in [6.07, 6.45) is 1.15. The lowest BCUT2D eigenvalue weighted by Gasteiger charge is -2.15. The topological polar surface area (TPSA) is 229 Å². The molecule has 0 spiro atoms. The lowest BCUT2D eigenvalue weighted by molar-refractivity contribution is -0.142. The Morgan fingerprint density at radius 2 is 1.66 bits per heavy atom. The lowest BCUT2D eigenvalue weighted by atomic mass is 10.1. The molecule has 0 radical (unpaired) electrons. The van der Waals surface area contributed by atoms with Crippen molar-refractivity contribution < 1.29 is 52.7 Å². The number of aldehydes is 2. The van der Waals surface area contributed by atoms with E-state index in [0.717, 1.165) is 0 Å². The van der Waals surface area contributed by atoms with Gasteiger partial charge in [-0.05, 0) is 12.8 Å². The predicted molar refractivity (Wildman–Crippen MR) is 133 cm³/mol. The van der Waals surface area contributed by atoms with E-state index in [1.807, 2.05) is 0 Å². The number of carboxylic acid groups (broad SMARTS) is 1. The molecule has 216 valence electrons. The fourth-order valence-electron chi connectivity index (χ4n) is 2.78. The zero-order valence-corrected chi connectivity index (χ0v) is 22.0. The first-order valence-electron chi connectivity index (χ1n) is 11.9. The Bertz CT molecular complexity index is 784. The molecule has 0 aromatic carbocycles. The second-order valence-electron chi connectivity index (χ2n) is 7.88. The normalized spacial score (nSPS) is 12.9. The largest absolute Gasteiger partial charge is 0.593 e. The Morgan fingerprint density at radius 3 is 2.29 bits per heavy atom. The summed E-state index contributed by atoms with van der Waals surface area (Å²) in [5, 5.41) is 16.3. The maximum atomic E-state index is 11.9. The molecule has 16 heteroatoms. The van der Waals surface area contributed by atoms with Crippen LogP contribution in [0.3, 0.4) is 0 Å². The number of rotatable bonds is 23. The van der Waals surface area contributed by atoms with Gasteiger partial charge in [-0.3, -0.25) is 19.2 Å². The van der Waals surface area contributed by atoms with Crippen molar-refractivity contribution in [2.45, 2.75) is 57.5 Å². The van der Waals surface area contributed by atoms with E-state index in [-0.39, 0.29) is 76.7 Å². The SMILES string of the molecule is CC(=O)N[S+]([O-])CCCC(=O)NCCOCCOCC(=O)NC(C=O)CCC(=O)NC(CCC=O)C(=O)O. The summed E-state index contributed by atoms with van der Waals surface area (Å²) < 4.78 is 24.0. The fraction of sp³-hybridized carbons (Fsp3) is 0.682. The van der Waals surface area contributed by atoms with Crippen LogP contribution >= 0.6 is 0 Å². The van der Waals surface area contributed by atoms with Crippen LogP contribution in [-0.2, 0) is 54.4 Å². The van der Waals surface area contributed by atoms with E-state index in [1.165, 1.54) is 6.92 Å². The van der Waals surface area contributed by atoms with Crippen molar-refractivity contribution in [3.05, 3.63) is 0 Å². The van der Waals surface area contributed by atoms with Crippen molar-refractivity contribution >= 4 is 53.5 Å². The van der Waals surface area contributed by atoms with Gasteiger partial charge >= 0.3 is 5.97 Å². The van der Waals surface area contributed by atoms with E-state index in [1.54, 1.807) is 0 Å². The first-order chi connectivity index (χ1) is 18.1. The van der Waals surface area contributed by atoms with E-state index in [4.69, 9.17) is 14.6 Å². The van der Waals surface area contributed by atoms with Crippen LogP contribution in [0.5, 0.6) is 0 Å². The maximum Gasteiger partial charge on any atom is 0.326 e. The van der Waals surface area contributed by atoms with Gasteiger partial charge in [0.15, 0.2) is 0 Å². The zero-order chi connectivity index (χ0) is 28.8. The molecular formula is C22H36N4O11S. The van der Waals surface area contributed by atoms with Crippen LogP contribution in [0.25, 0.3) is 0 Å². The molecular weight excluding hydrogens is 528 g/mol. The summed E-state index contributed by atoms with van der Waals surface area (Å²) in [5.41, 5.74) is 0. The number of nitrogens with one attached hydrogen (secondary N) is 4. The summed E-state index contributed by atoms with van der Waals surface area (Å²) in [6.45, 7) is 1.55. The van der Waals surface area contributed by atoms with Crippen LogP contribution in [0.1, 0.15) is 45.4 Å². The van der Waals surface area contributed by atoms with E-state index in [0.29, 0.717) is 19.0 Å². The van der Waals surface area contributed by atoms with Crippen molar-refractivity contribution in [2.24, 2.45) is 0 Å². The van der Waals surface area contributed by atoms with Gasteiger partial charge < -0.3 is 44.7 Å². The molecule has 0 saturated carbocycles. The van der Waals surface area contributed by atoms with Gasteiger partial charge in [0, 0.05) is 39.2 Å².